The van der Waals surface area contributed by atoms with E-state index in [1.165, 1.54) is 21.2 Å². The molecule has 2 aliphatic heterocycles. The maximum Gasteiger partial charge on any atom is 0.308 e. The fraction of sp³-hybridized carbons (Fsp3) is 0.250. The van der Waals surface area contributed by atoms with Gasteiger partial charge in [0.2, 0.25) is 17.7 Å². The zero-order valence-corrected chi connectivity index (χ0v) is 27.0. The number of imide groups is 1. The molecule has 226 valence electrons. The van der Waals surface area contributed by atoms with Crippen molar-refractivity contribution in [3.63, 3.8) is 0 Å². The molecule has 0 unspecified atom stereocenters. The molecule has 0 radical (unpaired) electrons. The number of carbonyl (C=O) groups is 3. The summed E-state index contributed by atoms with van der Waals surface area (Å²) in [5, 5.41) is 3.59. The van der Waals surface area contributed by atoms with Gasteiger partial charge in [0.15, 0.2) is 0 Å². The molecule has 3 heterocycles. The van der Waals surface area contributed by atoms with Gasteiger partial charge in [0.1, 0.15) is 11.8 Å². The molecule has 6 rings (SSSR count). The third-order valence-electron chi connectivity index (χ3n) is 7.94. The molecule has 0 saturated carbocycles. The second kappa shape index (κ2) is 12.4. The monoisotopic (exact) mass is 666 g/mol. The van der Waals surface area contributed by atoms with E-state index in [9.17, 15) is 19.2 Å². The number of hydrogen-bond acceptors (Lipinski definition) is 7. The molecule has 0 aliphatic carbocycles. The largest absolute Gasteiger partial charge is 0.372 e. The van der Waals surface area contributed by atoms with Crippen LogP contribution in [0.5, 0.6) is 0 Å². The molecule has 3 amide bonds. The first-order valence-corrected chi connectivity index (χ1v) is 16.6. The Balaban J connectivity index is 1.41. The molecule has 0 bridgehead atoms. The van der Waals surface area contributed by atoms with E-state index in [4.69, 9.17) is 23.2 Å². The van der Waals surface area contributed by atoms with Crippen LogP contribution in [0, 0.1) is 5.92 Å². The Bertz CT molecular complexity index is 1780. The summed E-state index contributed by atoms with van der Waals surface area (Å²) >= 11 is 14.3. The first kappa shape index (κ1) is 30.5. The quantitative estimate of drug-likeness (QED) is 0.216. The van der Waals surface area contributed by atoms with Crippen molar-refractivity contribution in [2.45, 2.75) is 36.6 Å². The number of thioether (sulfide) groups is 1. The van der Waals surface area contributed by atoms with Gasteiger partial charge in [-0.2, -0.15) is 0 Å². The molecule has 8 nitrogen and oxygen atoms in total. The zero-order chi connectivity index (χ0) is 31.1. The highest BCUT2D eigenvalue weighted by Crippen LogP contribution is 2.54. The molecule has 4 aromatic rings. The Morgan fingerprint density at radius 3 is 2.09 bits per heavy atom. The van der Waals surface area contributed by atoms with E-state index in [1.807, 2.05) is 24.3 Å². The van der Waals surface area contributed by atoms with Gasteiger partial charge in [-0.25, -0.2) is 4.90 Å². The van der Waals surface area contributed by atoms with Crippen LogP contribution in [0.2, 0.25) is 10.0 Å². The molecule has 1 saturated heterocycles. The SMILES string of the molecule is CCN(CC)c1ccc([C@@H]2c3sc(=O)n(CC(=O)Nc4ccc(Cl)cc4)c3S[C@H]3C(=O)N(c4ccc(Cl)cc4)C(=O)[C@@H]23)cc1. The molecular formula is C32H28Cl2N4O4S2. The predicted molar refractivity (Wildman–Crippen MR) is 178 cm³/mol. The van der Waals surface area contributed by atoms with Crippen LogP contribution in [0.15, 0.2) is 82.6 Å². The van der Waals surface area contributed by atoms with E-state index in [1.54, 1.807) is 48.5 Å². The number of amides is 3. The van der Waals surface area contributed by atoms with E-state index < -0.39 is 23.0 Å². The number of anilines is 3. The number of nitrogens with one attached hydrogen (secondary N) is 1. The number of nitrogens with zero attached hydrogens (tertiary/aromatic N) is 3. The lowest BCUT2D eigenvalue weighted by molar-refractivity contribution is -0.122. The first-order valence-electron chi connectivity index (χ1n) is 14.1. The summed E-state index contributed by atoms with van der Waals surface area (Å²) in [5.41, 5.74) is 2.86. The van der Waals surface area contributed by atoms with Crippen molar-refractivity contribution in [1.29, 1.82) is 0 Å². The van der Waals surface area contributed by atoms with Gasteiger partial charge in [-0.1, -0.05) is 58.4 Å². The fourth-order valence-electron chi connectivity index (χ4n) is 5.82. The van der Waals surface area contributed by atoms with E-state index in [0.717, 1.165) is 35.7 Å². The normalized spacial score (nSPS) is 19.1. The maximum absolute atomic E-state index is 14.1. The lowest BCUT2D eigenvalue weighted by Gasteiger charge is -2.31. The molecule has 0 spiro atoms. The summed E-state index contributed by atoms with van der Waals surface area (Å²) in [4.78, 5) is 58.3. The van der Waals surface area contributed by atoms with Crippen LogP contribution in [0.1, 0.15) is 30.2 Å². The average Bonchev–Trinajstić information content (AvgIpc) is 3.46. The second-order valence-electron chi connectivity index (χ2n) is 10.5. The predicted octanol–water partition coefficient (Wildman–Crippen LogP) is 6.50. The summed E-state index contributed by atoms with van der Waals surface area (Å²) in [6.07, 6.45) is 0. The fourth-order valence-corrected chi connectivity index (χ4v) is 8.84. The lowest BCUT2D eigenvalue weighted by atomic mass is 9.83. The summed E-state index contributed by atoms with van der Waals surface area (Å²) in [7, 11) is 0. The molecule has 3 atom stereocenters. The maximum atomic E-state index is 14.1. The highest BCUT2D eigenvalue weighted by atomic mass is 35.5. The molecule has 44 heavy (non-hydrogen) atoms. The van der Waals surface area contributed by atoms with E-state index in [0.29, 0.717) is 31.3 Å². The first-order chi connectivity index (χ1) is 21.2. The number of carbonyl (C=O) groups excluding carboxylic acids is 3. The van der Waals surface area contributed by atoms with Crippen molar-refractivity contribution in [2.24, 2.45) is 5.92 Å². The second-order valence-corrected chi connectivity index (χ2v) is 13.5. The highest BCUT2D eigenvalue weighted by Gasteiger charge is 2.56. The van der Waals surface area contributed by atoms with Gasteiger partial charge in [0, 0.05) is 45.3 Å². The zero-order valence-electron chi connectivity index (χ0n) is 23.8. The Morgan fingerprint density at radius 1 is 0.864 bits per heavy atom. The molecule has 3 aromatic carbocycles. The minimum Gasteiger partial charge on any atom is -0.372 e. The lowest BCUT2D eigenvalue weighted by Crippen LogP contribution is -2.33. The van der Waals surface area contributed by atoms with Crippen molar-refractivity contribution < 1.29 is 14.4 Å². The number of aromatic nitrogens is 1. The third-order valence-corrected chi connectivity index (χ3v) is 11.1. The van der Waals surface area contributed by atoms with Crippen LogP contribution >= 0.6 is 46.3 Å². The molecule has 12 heteroatoms. The Labute approximate surface area is 272 Å². The number of halogens is 2. The van der Waals surface area contributed by atoms with E-state index in [-0.39, 0.29) is 23.2 Å². The average molecular weight is 668 g/mol. The summed E-state index contributed by atoms with van der Waals surface area (Å²) < 4.78 is 1.41. The molecule has 1 N–H and O–H groups in total. The Morgan fingerprint density at radius 2 is 1.48 bits per heavy atom. The topological polar surface area (TPSA) is 91.7 Å². The molecule has 1 aromatic heterocycles. The summed E-state index contributed by atoms with van der Waals surface area (Å²) in [6.45, 7) is 5.62. The van der Waals surface area contributed by atoms with Crippen molar-refractivity contribution >= 4 is 81.1 Å². The van der Waals surface area contributed by atoms with Crippen LogP contribution in [-0.2, 0) is 20.9 Å². The minimum absolute atomic E-state index is 0.242. The van der Waals surface area contributed by atoms with Crippen LogP contribution in [0.25, 0.3) is 0 Å². The summed E-state index contributed by atoms with van der Waals surface area (Å²) in [5.74, 6) is -2.36. The molecule has 1 fully saturated rings. The minimum atomic E-state index is -0.780. The molecular weight excluding hydrogens is 639 g/mol. The third kappa shape index (κ3) is 5.56. The van der Waals surface area contributed by atoms with E-state index >= 15 is 0 Å². The number of rotatable bonds is 8. The van der Waals surface area contributed by atoms with Crippen molar-refractivity contribution in [3.8, 4) is 0 Å². The summed E-state index contributed by atoms with van der Waals surface area (Å²) in [6, 6.07) is 21.2. The van der Waals surface area contributed by atoms with Gasteiger partial charge < -0.3 is 10.2 Å². The van der Waals surface area contributed by atoms with Crippen LogP contribution in [-0.4, -0.2) is 40.6 Å². The van der Waals surface area contributed by atoms with Gasteiger partial charge in [0.05, 0.1) is 16.6 Å². The van der Waals surface area contributed by atoms with Gasteiger partial charge in [0.25, 0.3) is 0 Å². The van der Waals surface area contributed by atoms with Gasteiger partial charge in [-0.3, -0.25) is 23.7 Å². The number of benzene rings is 3. The van der Waals surface area contributed by atoms with Gasteiger partial charge in [-0.05, 0) is 80.1 Å². The van der Waals surface area contributed by atoms with Crippen LogP contribution in [0.3, 0.4) is 0 Å². The van der Waals surface area contributed by atoms with Gasteiger partial charge in [-0.15, -0.1) is 0 Å². The highest BCUT2D eigenvalue weighted by molar-refractivity contribution is 8.00. The van der Waals surface area contributed by atoms with Crippen molar-refractivity contribution in [2.75, 3.05) is 28.2 Å². The number of hydrogen-bond donors (Lipinski definition) is 1. The van der Waals surface area contributed by atoms with Crippen LogP contribution < -0.4 is 20.0 Å². The van der Waals surface area contributed by atoms with Crippen LogP contribution in [0.4, 0.5) is 17.1 Å². The van der Waals surface area contributed by atoms with Gasteiger partial charge >= 0.3 is 4.87 Å². The van der Waals surface area contributed by atoms with Crippen molar-refractivity contribution in [3.05, 3.63) is 103 Å². The smallest absolute Gasteiger partial charge is 0.308 e. The van der Waals surface area contributed by atoms with Crippen molar-refractivity contribution in [1.82, 2.24) is 4.57 Å². The number of fused-ring (bicyclic) bond motifs is 2. The standard InChI is InChI=1S/C32H28Cl2N4O4S2/c1-3-36(4-2)22-13-5-18(6-14-22)25-26-27(30(41)38(29(26)40)23-15-9-20(34)10-16-23)43-31-28(25)44-32(42)37(31)17-24(39)35-21-11-7-19(33)8-12-21/h5-16,25-27H,3-4,17H2,1-2H3,(H,35,39)/t25-,26-,27+/m0/s1. The Kier molecular flexibility index (Phi) is 8.61. The van der Waals surface area contributed by atoms with E-state index in [2.05, 4.69) is 24.1 Å². The Hall–Kier alpha value is -3.57. The molecule has 2 aliphatic rings. The number of thiazole rings is 1.